The van der Waals surface area contributed by atoms with E-state index in [2.05, 4.69) is 26.5 Å². The van der Waals surface area contributed by atoms with Crippen molar-refractivity contribution < 1.29 is 14.8 Å². The normalized spacial score (nSPS) is 10.7. The predicted octanol–water partition coefficient (Wildman–Crippen LogP) is 2.76. The van der Waals surface area contributed by atoms with Gasteiger partial charge in [-0.3, -0.25) is 14.9 Å². The van der Waals surface area contributed by atoms with Crippen molar-refractivity contribution in [1.82, 2.24) is 5.43 Å². The number of phenolic OH excluding ortho intramolecular Hbond substituents is 1. The number of aromatic hydroxyl groups is 1. The molecule has 0 aliphatic carbocycles. The number of hydrogen-bond acceptors (Lipinski definition) is 5. The number of amides is 1. The summed E-state index contributed by atoms with van der Waals surface area (Å²) in [6.07, 6.45) is 1.30. The molecular weight excluding hydrogens is 366 g/mol. The van der Waals surface area contributed by atoms with Crippen LogP contribution in [0.2, 0.25) is 0 Å². The molecule has 0 aliphatic rings. The van der Waals surface area contributed by atoms with Crippen LogP contribution in [0.15, 0.2) is 52.0 Å². The molecule has 0 unspecified atom stereocenters. The zero-order valence-corrected chi connectivity index (χ0v) is 13.4. The number of phenols is 1. The van der Waals surface area contributed by atoms with Crippen LogP contribution in [-0.2, 0) is 11.2 Å². The average molecular weight is 378 g/mol. The Morgan fingerprint density at radius 3 is 2.70 bits per heavy atom. The van der Waals surface area contributed by atoms with Gasteiger partial charge in [0.2, 0.25) is 11.7 Å². The number of nitrogens with one attached hydrogen (secondary N) is 1. The molecular formula is C15H12BrN3O4. The Morgan fingerprint density at radius 1 is 1.35 bits per heavy atom. The first-order valence-corrected chi connectivity index (χ1v) is 7.29. The van der Waals surface area contributed by atoms with Crippen molar-refractivity contribution in [3.05, 3.63) is 68.2 Å². The summed E-state index contributed by atoms with van der Waals surface area (Å²) in [4.78, 5) is 21.8. The molecule has 0 bridgehead atoms. The lowest BCUT2D eigenvalue weighted by molar-refractivity contribution is -0.385. The van der Waals surface area contributed by atoms with Gasteiger partial charge in [-0.1, -0.05) is 46.3 Å². The summed E-state index contributed by atoms with van der Waals surface area (Å²) < 4.78 is 0.416. The van der Waals surface area contributed by atoms with Gasteiger partial charge in [0.1, 0.15) is 0 Å². The van der Waals surface area contributed by atoms with Crippen LogP contribution in [0.1, 0.15) is 11.1 Å². The summed E-state index contributed by atoms with van der Waals surface area (Å²) in [5.41, 5.74) is 2.81. The number of carbonyl (C=O) groups excluding carboxylic acids is 1. The molecule has 23 heavy (non-hydrogen) atoms. The highest BCUT2D eigenvalue weighted by Gasteiger charge is 2.17. The van der Waals surface area contributed by atoms with E-state index in [9.17, 15) is 20.0 Å². The van der Waals surface area contributed by atoms with E-state index >= 15 is 0 Å². The highest BCUT2D eigenvalue weighted by atomic mass is 79.9. The van der Waals surface area contributed by atoms with Crippen molar-refractivity contribution in [1.29, 1.82) is 0 Å². The summed E-state index contributed by atoms with van der Waals surface area (Å²) in [6, 6.07) is 11.8. The molecule has 2 rings (SSSR count). The number of benzene rings is 2. The van der Waals surface area contributed by atoms with E-state index in [1.165, 1.54) is 12.1 Å². The Bertz CT molecular complexity index is 763. The Balaban J connectivity index is 2.06. The van der Waals surface area contributed by atoms with Gasteiger partial charge < -0.3 is 5.11 Å². The van der Waals surface area contributed by atoms with E-state index in [1.54, 1.807) is 0 Å². The van der Waals surface area contributed by atoms with E-state index in [0.29, 0.717) is 4.47 Å². The minimum Gasteiger partial charge on any atom is -0.502 e. The van der Waals surface area contributed by atoms with Gasteiger partial charge in [0.05, 0.1) is 17.6 Å². The first-order valence-electron chi connectivity index (χ1n) is 6.50. The monoisotopic (exact) mass is 377 g/mol. The summed E-state index contributed by atoms with van der Waals surface area (Å²) >= 11 is 3.12. The number of halogens is 1. The van der Waals surface area contributed by atoms with Gasteiger partial charge in [-0.05, 0) is 11.6 Å². The fraction of sp³-hybridized carbons (Fsp3) is 0.0667. The van der Waals surface area contributed by atoms with Crippen molar-refractivity contribution in [2.45, 2.75) is 6.42 Å². The smallest absolute Gasteiger partial charge is 0.312 e. The molecule has 0 saturated carbocycles. The number of rotatable bonds is 5. The van der Waals surface area contributed by atoms with Crippen LogP contribution in [0.3, 0.4) is 0 Å². The third-order valence-corrected chi connectivity index (χ3v) is 3.34. The van der Waals surface area contributed by atoms with Crippen LogP contribution in [-0.4, -0.2) is 22.2 Å². The molecule has 1 amide bonds. The van der Waals surface area contributed by atoms with E-state index in [1.807, 2.05) is 30.3 Å². The van der Waals surface area contributed by atoms with E-state index < -0.39 is 16.4 Å². The van der Waals surface area contributed by atoms with Crippen LogP contribution in [0.5, 0.6) is 5.75 Å². The molecule has 0 radical (unpaired) electrons. The lowest BCUT2D eigenvalue weighted by Gasteiger charge is -2.02. The molecule has 0 aliphatic heterocycles. The molecule has 7 nitrogen and oxygen atoms in total. The van der Waals surface area contributed by atoms with Gasteiger partial charge in [-0.15, -0.1) is 0 Å². The second-order valence-corrected chi connectivity index (χ2v) is 5.49. The van der Waals surface area contributed by atoms with Crippen molar-refractivity contribution in [2.24, 2.45) is 5.10 Å². The Kier molecular flexibility index (Phi) is 5.42. The fourth-order valence-corrected chi connectivity index (χ4v) is 2.30. The summed E-state index contributed by atoms with van der Waals surface area (Å²) in [5, 5.41) is 24.4. The third kappa shape index (κ3) is 4.62. The minimum absolute atomic E-state index is 0.117. The van der Waals surface area contributed by atoms with E-state index in [4.69, 9.17) is 0 Å². The van der Waals surface area contributed by atoms with Gasteiger partial charge in [0, 0.05) is 16.1 Å². The van der Waals surface area contributed by atoms with Gasteiger partial charge >= 0.3 is 5.69 Å². The quantitative estimate of drug-likeness (QED) is 0.474. The predicted molar refractivity (Wildman–Crippen MR) is 88.3 cm³/mol. The second-order valence-electron chi connectivity index (χ2n) is 4.58. The number of hydrogen-bond donors (Lipinski definition) is 2. The van der Waals surface area contributed by atoms with Crippen LogP contribution in [0, 0.1) is 10.1 Å². The number of carbonyl (C=O) groups is 1. The van der Waals surface area contributed by atoms with Crippen LogP contribution >= 0.6 is 15.9 Å². The standard InChI is InChI=1S/C15H12BrN3O4/c16-12-7-11(15(21)13(8-12)19(22)23)9-17-18-14(20)6-10-4-2-1-3-5-10/h1-5,7-9,21H,6H2,(H,18,20)/b17-9-. The highest BCUT2D eigenvalue weighted by Crippen LogP contribution is 2.32. The minimum atomic E-state index is -0.703. The maximum absolute atomic E-state index is 11.7. The number of nitrogens with zero attached hydrogens (tertiary/aromatic N) is 2. The fourth-order valence-electron chi connectivity index (χ4n) is 1.84. The molecule has 2 aromatic carbocycles. The van der Waals surface area contributed by atoms with Crippen molar-refractivity contribution in [3.8, 4) is 5.75 Å². The summed E-state index contributed by atoms with van der Waals surface area (Å²) in [7, 11) is 0. The topological polar surface area (TPSA) is 105 Å². The van der Waals surface area contributed by atoms with Gasteiger partial charge in [0.25, 0.3) is 0 Å². The molecule has 118 valence electrons. The summed E-state index contributed by atoms with van der Waals surface area (Å²) in [6.45, 7) is 0. The maximum atomic E-state index is 11.7. The first-order chi connectivity index (χ1) is 11.0. The number of nitro benzene ring substituents is 1. The molecule has 0 spiro atoms. The van der Waals surface area contributed by atoms with Crippen LogP contribution < -0.4 is 5.43 Å². The third-order valence-electron chi connectivity index (χ3n) is 2.88. The molecule has 0 fully saturated rings. The largest absolute Gasteiger partial charge is 0.502 e. The molecule has 0 saturated heterocycles. The maximum Gasteiger partial charge on any atom is 0.312 e. The van der Waals surface area contributed by atoms with Crippen molar-refractivity contribution >= 4 is 33.7 Å². The molecule has 2 aromatic rings. The Labute approximate surface area is 139 Å². The molecule has 8 heteroatoms. The Hall–Kier alpha value is -2.74. The van der Waals surface area contributed by atoms with Gasteiger partial charge in [0.15, 0.2) is 0 Å². The van der Waals surface area contributed by atoms with E-state index in [0.717, 1.165) is 11.8 Å². The number of hydrazone groups is 1. The molecule has 0 atom stereocenters. The van der Waals surface area contributed by atoms with Crippen molar-refractivity contribution in [2.75, 3.05) is 0 Å². The van der Waals surface area contributed by atoms with E-state index in [-0.39, 0.29) is 17.9 Å². The van der Waals surface area contributed by atoms with Gasteiger partial charge in [-0.25, -0.2) is 5.43 Å². The van der Waals surface area contributed by atoms with Crippen LogP contribution in [0.25, 0.3) is 0 Å². The molecule has 2 N–H and O–H groups in total. The van der Waals surface area contributed by atoms with Crippen LogP contribution in [0.4, 0.5) is 5.69 Å². The highest BCUT2D eigenvalue weighted by molar-refractivity contribution is 9.10. The van der Waals surface area contributed by atoms with Gasteiger partial charge in [-0.2, -0.15) is 5.10 Å². The average Bonchev–Trinajstić information content (AvgIpc) is 2.51. The number of nitro groups is 1. The SMILES string of the molecule is O=C(Cc1ccccc1)N/N=C\c1cc(Br)cc([N+](=O)[O-])c1O. The molecule has 0 heterocycles. The second kappa shape index (κ2) is 7.50. The zero-order valence-electron chi connectivity index (χ0n) is 11.8. The van der Waals surface area contributed by atoms with Crippen molar-refractivity contribution in [3.63, 3.8) is 0 Å². The Morgan fingerprint density at radius 2 is 2.04 bits per heavy atom. The zero-order chi connectivity index (χ0) is 16.8. The first kappa shape index (κ1) is 16.6. The molecule has 0 aromatic heterocycles. The lowest BCUT2D eigenvalue weighted by atomic mass is 10.1. The summed E-state index contributed by atoms with van der Waals surface area (Å²) in [5.74, 6) is -0.851. The lowest BCUT2D eigenvalue weighted by Crippen LogP contribution is -2.19.